The molecule has 0 spiro atoms. The molecule has 1 atom stereocenters. The minimum Gasteiger partial charge on any atom is -0.352 e. The number of amides is 1. The third kappa shape index (κ3) is 5.80. The summed E-state index contributed by atoms with van der Waals surface area (Å²) in [6.07, 6.45) is 5.11. The third-order valence-corrected chi connectivity index (χ3v) is 6.68. The van der Waals surface area contributed by atoms with E-state index in [1.807, 2.05) is 36.4 Å². The molecule has 1 amide bonds. The van der Waals surface area contributed by atoms with Crippen LogP contribution in [-0.4, -0.2) is 46.1 Å². The number of aromatic nitrogens is 2. The molecule has 0 aliphatic carbocycles. The van der Waals surface area contributed by atoms with Crippen molar-refractivity contribution in [3.8, 4) is 0 Å². The van der Waals surface area contributed by atoms with Gasteiger partial charge in [-0.3, -0.25) is 23.5 Å². The van der Waals surface area contributed by atoms with Crippen molar-refractivity contribution in [1.82, 2.24) is 19.4 Å². The highest BCUT2D eigenvalue weighted by atomic mass is 16.2. The summed E-state index contributed by atoms with van der Waals surface area (Å²) in [7, 11) is 0. The maximum Gasteiger partial charge on any atom is 0.317 e. The first-order valence-corrected chi connectivity index (χ1v) is 12.4. The fourth-order valence-corrected chi connectivity index (χ4v) is 4.88. The maximum atomic E-state index is 12.9. The summed E-state index contributed by atoms with van der Waals surface area (Å²) in [5.74, 6) is 0.660. The molecule has 1 N–H and O–H groups in total. The van der Waals surface area contributed by atoms with Crippen LogP contribution in [-0.2, 0) is 13.1 Å². The van der Waals surface area contributed by atoms with Gasteiger partial charge in [-0.05, 0) is 68.1 Å². The van der Waals surface area contributed by atoms with Gasteiger partial charge in [0.15, 0.2) is 0 Å². The van der Waals surface area contributed by atoms with Crippen LogP contribution >= 0.6 is 0 Å². The Balaban J connectivity index is 1.40. The van der Waals surface area contributed by atoms with Gasteiger partial charge in [-0.15, -0.1) is 6.58 Å². The monoisotopic (exact) mass is 474 g/mol. The molecule has 0 bridgehead atoms. The number of likely N-dealkylation sites (tertiary alicyclic amines) is 1. The van der Waals surface area contributed by atoms with E-state index in [0.29, 0.717) is 23.1 Å². The summed E-state index contributed by atoms with van der Waals surface area (Å²) in [4.78, 5) is 40.6. The van der Waals surface area contributed by atoms with E-state index in [-0.39, 0.29) is 19.0 Å². The molecule has 7 nitrogen and oxygen atoms in total. The average molecular weight is 475 g/mol. The van der Waals surface area contributed by atoms with Crippen molar-refractivity contribution >= 4 is 16.9 Å². The first-order chi connectivity index (χ1) is 17.0. The number of carbonyl (C=O) groups is 1. The normalized spacial score (nSPS) is 16.3. The quantitative estimate of drug-likeness (QED) is 0.293. The summed E-state index contributed by atoms with van der Waals surface area (Å²) in [5.41, 5.74) is 1.65. The van der Waals surface area contributed by atoms with Crippen molar-refractivity contribution in [3.05, 3.63) is 93.0 Å². The SMILES string of the molecule is C=CCn1c(=O)c(=O)n(Cc2ccc(C(=O)NCCCN3CCC[C@H](C)C3)cc2)c2ccccc21. The molecule has 2 heterocycles. The van der Waals surface area contributed by atoms with Crippen LogP contribution in [0.1, 0.15) is 42.1 Å². The topological polar surface area (TPSA) is 76.3 Å². The molecule has 0 unspecified atom stereocenters. The zero-order chi connectivity index (χ0) is 24.8. The molecule has 1 aliphatic heterocycles. The first kappa shape index (κ1) is 24.7. The molecule has 0 radical (unpaired) electrons. The molecule has 184 valence electrons. The number of piperidine rings is 1. The van der Waals surface area contributed by atoms with Crippen molar-refractivity contribution in [2.75, 3.05) is 26.2 Å². The second-order valence-electron chi connectivity index (χ2n) is 9.44. The smallest absolute Gasteiger partial charge is 0.317 e. The van der Waals surface area contributed by atoms with E-state index in [2.05, 4.69) is 23.7 Å². The number of allylic oxidation sites excluding steroid dienone is 1. The standard InChI is InChI=1S/C28H34N4O3/c1-3-16-31-24-9-4-5-10-25(24)32(28(35)27(31)34)20-22-11-13-23(14-12-22)26(33)29-15-7-18-30-17-6-8-21(2)19-30/h3-5,9-14,21H,1,6-8,15-20H2,2H3,(H,29,33)/t21-/m0/s1. The second-order valence-corrected chi connectivity index (χ2v) is 9.44. The van der Waals surface area contributed by atoms with Crippen LogP contribution < -0.4 is 16.4 Å². The van der Waals surface area contributed by atoms with E-state index in [9.17, 15) is 14.4 Å². The van der Waals surface area contributed by atoms with Crippen LogP contribution in [0, 0.1) is 5.92 Å². The predicted octanol–water partition coefficient (Wildman–Crippen LogP) is 3.25. The lowest BCUT2D eigenvalue weighted by atomic mass is 10.0. The number of carbonyl (C=O) groups excluding carboxylic acids is 1. The van der Waals surface area contributed by atoms with Gasteiger partial charge in [0.25, 0.3) is 5.91 Å². The highest BCUT2D eigenvalue weighted by Crippen LogP contribution is 2.15. The van der Waals surface area contributed by atoms with Gasteiger partial charge in [-0.1, -0.05) is 37.3 Å². The number of nitrogens with one attached hydrogen (secondary N) is 1. The summed E-state index contributed by atoms with van der Waals surface area (Å²) < 4.78 is 2.94. The van der Waals surface area contributed by atoms with Gasteiger partial charge in [-0.2, -0.15) is 0 Å². The lowest BCUT2D eigenvalue weighted by molar-refractivity contribution is 0.0950. The van der Waals surface area contributed by atoms with Crippen LogP contribution in [0.3, 0.4) is 0 Å². The Kier molecular flexibility index (Phi) is 7.98. The van der Waals surface area contributed by atoms with Gasteiger partial charge in [0, 0.05) is 25.2 Å². The Morgan fingerprint density at radius 2 is 1.74 bits per heavy atom. The van der Waals surface area contributed by atoms with Crippen molar-refractivity contribution in [3.63, 3.8) is 0 Å². The lowest BCUT2D eigenvalue weighted by Crippen LogP contribution is -2.41. The molecule has 1 fully saturated rings. The van der Waals surface area contributed by atoms with E-state index in [1.165, 1.54) is 22.0 Å². The number of hydrogen-bond acceptors (Lipinski definition) is 4. The highest BCUT2D eigenvalue weighted by molar-refractivity contribution is 5.94. The molecule has 35 heavy (non-hydrogen) atoms. The third-order valence-electron chi connectivity index (χ3n) is 6.68. The Morgan fingerprint density at radius 1 is 1.06 bits per heavy atom. The van der Waals surface area contributed by atoms with Crippen molar-refractivity contribution < 1.29 is 4.79 Å². The van der Waals surface area contributed by atoms with Crippen LogP contribution in [0.15, 0.2) is 70.8 Å². The molecule has 2 aromatic carbocycles. The van der Waals surface area contributed by atoms with Gasteiger partial charge in [0.2, 0.25) is 0 Å². The number of rotatable bonds is 9. The number of hydrogen-bond donors (Lipinski definition) is 1. The zero-order valence-corrected chi connectivity index (χ0v) is 20.4. The van der Waals surface area contributed by atoms with E-state index in [1.54, 1.807) is 18.2 Å². The van der Waals surface area contributed by atoms with Crippen molar-refractivity contribution in [1.29, 1.82) is 0 Å². The van der Waals surface area contributed by atoms with Gasteiger partial charge in [0.05, 0.1) is 17.6 Å². The molecule has 0 saturated carbocycles. The second kappa shape index (κ2) is 11.3. The minimum atomic E-state index is -0.574. The lowest BCUT2D eigenvalue weighted by Gasteiger charge is -2.30. The van der Waals surface area contributed by atoms with Crippen molar-refractivity contribution in [2.45, 2.75) is 39.3 Å². The van der Waals surface area contributed by atoms with Gasteiger partial charge < -0.3 is 10.2 Å². The molecule has 4 rings (SSSR count). The van der Waals surface area contributed by atoms with Gasteiger partial charge in [-0.25, -0.2) is 0 Å². The minimum absolute atomic E-state index is 0.0989. The molecule has 1 aromatic heterocycles. The summed E-state index contributed by atoms with van der Waals surface area (Å²) in [5, 5.41) is 3.00. The number of fused-ring (bicyclic) bond motifs is 1. The molecule has 7 heteroatoms. The first-order valence-electron chi connectivity index (χ1n) is 12.4. The zero-order valence-electron chi connectivity index (χ0n) is 20.4. The van der Waals surface area contributed by atoms with E-state index in [4.69, 9.17) is 0 Å². The molecule has 1 saturated heterocycles. The van der Waals surface area contributed by atoms with E-state index >= 15 is 0 Å². The largest absolute Gasteiger partial charge is 0.352 e. The number of para-hydroxylation sites is 2. The predicted molar refractivity (Wildman–Crippen MR) is 140 cm³/mol. The van der Waals surface area contributed by atoms with Crippen LogP contribution in [0.4, 0.5) is 0 Å². The van der Waals surface area contributed by atoms with Crippen LogP contribution in [0.5, 0.6) is 0 Å². The summed E-state index contributed by atoms with van der Waals surface area (Å²) >= 11 is 0. The highest BCUT2D eigenvalue weighted by Gasteiger charge is 2.16. The fourth-order valence-electron chi connectivity index (χ4n) is 4.88. The Morgan fingerprint density at radius 3 is 2.43 bits per heavy atom. The van der Waals surface area contributed by atoms with E-state index < -0.39 is 11.1 Å². The maximum absolute atomic E-state index is 12.9. The molecule has 1 aliphatic rings. The Hall–Kier alpha value is -3.45. The Labute approximate surface area is 205 Å². The van der Waals surface area contributed by atoms with Crippen LogP contribution in [0.2, 0.25) is 0 Å². The molecular weight excluding hydrogens is 440 g/mol. The number of nitrogens with zero attached hydrogens (tertiary/aromatic N) is 3. The van der Waals surface area contributed by atoms with Gasteiger partial charge >= 0.3 is 11.1 Å². The Bertz CT molecular complexity index is 1310. The summed E-state index contributed by atoms with van der Waals surface area (Å²) in [6, 6.07) is 14.6. The number of benzene rings is 2. The average Bonchev–Trinajstić information content (AvgIpc) is 2.87. The van der Waals surface area contributed by atoms with E-state index in [0.717, 1.165) is 37.5 Å². The van der Waals surface area contributed by atoms with Crippen molar-refractivity contribution in [2.24, 2.45) is 5.92 Å². The fraction of sp³-hybridized carbons (Fsp3) is 0.393. The van der Waals surface area contributed by atoms with Gasteiger partial charge in [0.1, 0.15) is 0 Å². The molecule has 3 aromatic rings. The van der Waals surface area contributed by atoms with Crippen LogP contribution in [0.25, 0.3) is 11.0 Å². The summed E-state index contributed by atoms with van der Waals surface area (Å²) in [6.45, 7) is 10.5. The molecular formula is C28H34N4O3.